The van der Waals surface area contributed by atoms with Gasteiger partial charge < -0.3 is 9.84 Å². The van der Waals surface area contributed by atoms with E-state index in [4.69, 9.17) is 4.74 Å². The molecule has 24 heavy (non-hydrogen) atoms. The first-order valence-electron chi connectivity index (χ1n) is 7.32. The molecule has 3 rings (SSSR count). The number of nitrogens with zero attached hydrogens (tertiary/aromatic N) is 2. The molecule has 1 fully saturated rings. The van der Waals surface area contributed by atoms with Gasteiger partial charge in [0.05, 0.1) is 29.6 Å². The fourth-order valence-electron chi connectivity index (χ4n) is 2.89. The molecule has 0 spiro atoms. The third kappa shape index (κ3) is 2.60. The SMILES string of the molecule is COC(=O)c1cc(N2CCCCS2(=O)=O)c2ccn(C(=O)O)c2c1. The van der Waals surface area contributed by atoms with Crippen LogP contribution in [0.25, 0.3) is 10.9 Å². The zero-order chi connectivity index (χ0) is 17.5. The summed E-state index contributed by atoms with van der Waals surface area (Å²) in [5.41, 5.74) is 0.635. The largest absolute Gasteiger partial charge is 0.465 e. The summed E-state index contributed by atoms with van der Waals surface area (Å²) < 4.78 is 31.7. The maximum atomic E-state index is 12.4. The first-order chi connectivity index (χ1) is 11.3. The van der Waals surface area contributed by atoms with E-state index < -0.39 is 22.1 Å². The van der Waals surface area contributed by atoms with E-state index in [0.717, 1.165) is 4.57 Å². The van der Waals surface area contributed by atoms with Crippen molar-refractivity contribution in [1.82, 2.24) is 4.57 Å². The van der Waals surface area contributed by atoms with E-state index in [1.54, 1.807) is 0 Å². The molecule has 0 bridgehead atoms. The molecule has 0 unspecified atom stereocenters. The van der Waals surface area contributed by atoms with Crippen LogP contribution in [0.2, 0.25) is 0 Å². The molecule has 0 aliphatic carbocycles. The van der Waals surface area contributed by atoms with Gasteiger partial charge >= 0.3 is 12.1 Å². The van der Waals surface area contributed by atoms with E-state index in [2.05, 4.69) is 0 Å². The Morgan fingerprint density at radius 3 is 2.62 bits per heavy atom. The van der Waals surface area contributed by atoms with Crippen molar-refractivity contribution < 1.29 is 27.9 Å². The minimum absolute atomic E-state index is 0.0244. The number of benzene rings is 1. The van der Waals surface area contributed by atoms with Crippen molar-refractivity contribution in [3.05, 3.63) is 30.0 Å². The second-order valence-electron chi connectivity index (χ2n) is 5.48. The molecule has 0 atom stereocenters. The van der Waals surface area contributed by atoms with Crippen LogP contribution in [0.15, 0.2) is 24.4 Å². The molecular weight excluding hydrogens is 336 g/mol. The van der Waals surface area contributed by atoms with Gasteiger partial charge in [0.25, 0.3) is 0 Å². The molecule has 0 radical (unpaired) electrons. The van der Waals surface area contributed by atoms with E-state index in [-0.39, 0.29) is 16.8 Å². The first kappa shape index (κ1) is 16.3. The van der Waals surface area contributed by atoms with Gasteiger partial charge in [0.1, 0.15) is 0 Å². The Morgan fingerprint density at radius 1 is 1.25 bits per heavy atom. The quantitative estimate of drug-likeness (QED) is 0.827. The highest BCUT2D eigenvalue weighted by molar-refractivity contribution is 7.92. The van der Waals surface area contributed by atoms with Crippen molar-refractivity contribution in [2.24, 2.45) is 0 Å². The molecule has 0 amide bonds. The number of fused-ring (bicyclic) bond motifs is 1. The van der Waals surface area contributed by atoms with Crippen LogP contribution < -0.4 is 4.31 Å². The molecule has 2 aromatic rings. The summed E-state index contributed by atoms with van der Waals surface area (Å²) in [6.45, 7) is 0.292. The number of esters is 1. The third-order valence-electron chi connectivity index (χ3n) is 4.03. The lowest BCUT2D eigenvalue weighted by molar-refractivity contribution is 0.0600. The second-order valence-corrected chi connectivity index (χ2v) is 7.50. The van der Waals surface area contributed by atoms with Gasteiger partial charge in [-0.25, -0.2) is 18.0 Å². The van der Waals surface area contributed by atoms with Crippen molar-refractivity contribution >= 4 is 38.7 Å². The summed E-state index contributed by atoms with van der Waals surface area (Å²) in [5, 5.41) is 9.73. The zero-order valence-corrected chi connectivity index (χ0v) is 13.7. The molecule has 9 heteroatoms. The summed E-state index contributed by atoms with van der Waals surface area (Å²) in [7, 11) is -2.30. The third-order valence-corrected chi connectivity index (χ3v) is 5.89. The summed E-state index contributed by atoms with van der Waals surface area (Å²) in [5.74, 6) is -0.637. The minimum atomic E-state index is -3.50. The number of ether oxygens (including phenoxy) is 1. The molecule has 1 saturated heterocycles. The number of hydrogen-bond acceptors (Lipinski definition) is 5. The Hall–Kier alpha value is -2.55. The molecule has 8 nitrogen and oxygen atoms in total. The Bertz CT molecular complexity index is 931. The van der Waals surface area contributed by atoms with Crippen LogP contribution in [0.5, 0.6) is 0 Å². The number of carbonyl (C=O) groups is 2. The number of rotatable bonds is 2. The summed E-state index contributed by atoms with van der Waals surface area (Å²) in [4.78, 5) is 23.3. The summed E-state index contributed by atoms with van der Waals surface area (Å²) in [6, 6.07) is 4.35. The molecule has 1 N–H and O–H groups in total. The lowest BCUT2D eigenvalue weighted by Crippen LogP contribution is -2.38. The van der Waals surface area contributed by atoms with Gasteiger partial charge in [-0.2, -0.15) is 0 Å². The normalized spacial score (nSPS) is 17.0. The first-order valence-corrected chi connectivity index (χ1v) is 8.93. The van der Waals surface area contributed by atoms with Crippen molar-refractivity contribution in [3.8, 4) is 0 Å². The molecule has 1 aliphatic rings. The standard InChI is InChI=1S/C15H16N2O6S/c1-23-14(18)10-8-12-11(4-6-16(12)15(19)20)13(9-10)17-5-2-3-7-24(17,21)22/h4,6,8-9H,2-3,5,7H2,1H3,(H,19,20). The maximum absolute atomic E-state index is 12.4. The van der Waals surface area contributed by atoms with E-state index >= 15 is 0 Å². The smallest absolute Gasteiger partial charge is 0.416 e. The number of anilines is 1. The van der Waals surface area contributed by atoms with Crippen LogP contribution in [0.3, 0.4) is 0 Å². The Morgan fingerprint density at radius 2 is 2.00 bits per heavy atom. The van der Waals surface area contributed by atoms with Gasteiger partial charge in [0.15, 0.2) is 0 Å². The van der Waals surface area contributed by atoms with Crippen LogP contribution in [0.4, 0.5) is 10.5 Å². The van der Waals surface area contributed by atoms with Gasteiger partial charge in [-0.05, 0) is 31.0 Å². The molecule has 1 aromatic carbocycles. The van der Waals surface area contributed by atoms with E-state index in [9.17, 15) is 23.1 Å². The number of carbonyl (C=O) groups excluding carboxylic acids is 1. The van der Waals surface area contributed by atoms with Gasteiger partial charge in [0, 0.05) is 18.1 Å². The van der Waals surface area contributed by atoms with Crippen molar-refractivity contribution in [3.63, 3.8) is 0 Å². The lowest BCUT2D eigenvalue weighted by Gasteiger charge is -2.29. The molecule has 1 aliphatic heterocycles. The Labute approximate surface area is 138 Å². The van der Waals surface area contributed by atoms with E-state index in [1.165, 1.54) is 35.8 Å². The lowest BCUT2D eigenvalue weighted by atomic mass is 10.1. The minimum Gasteiger partial charge on any atom is -0.465 e. The van der Waals surface area contributed by atoms with Crippen molar-refractivity contribution in [2.75, 3.05) is 23.7 Å². The molecule has 2 heterocycles. The molecule has 1 aromatic heterocycles. The fraction of sp³-hybridized carbons (Fsp3) is 0.333. The number of hydrogen-bond donors (Lipinski definition) is 1. The van der Waals surface area contributed by atoms with Crippen LogP contribution in [0.1, 0.15) is 23.2 Å². The summed E-state index contributed by atoms with van der Waals surface area (Å²) in [6.07, 6.45) is 1.38. The van der Waals surface area contributed by atoms with Crippen LogP contribution >= 0.6 is 0 Å². The summed E-state index contributed by atoms with van der Waals surface area (Å²) >= 11 is 0. The number of sulfonamides is 1. The van der Waals surface area contributed by atoms with Gasteiger partial charge in [-0.1, -0.05) is 0 Å². The average molecular weight is 352 g/mol. The number of carboxylic acid groups (broad SMARTS) is 1. The number of aromatic nitrogens is 1. The highest BCUT2D eigenvalue weighted by Gasteiger charge is 2.29. The second kappa shape index (κ2) is 5.82. The Kier molecular flexibility index (Phi) is 3.96. The van der Waals surface area contributed by atoms with Crippen LogP contribution in [-0.2, 0) is 14.8 Å². The predicted octanol–water partition coefficient (Wildman–Crippen LogP) is 1.88. The zero-order valence-electron chi connectivity index (χ0n) is 12.9. The monoisotopic (exact) mass is 352 g/mol. The van der Waals surface area contributed by atoms with Crippen LogP contribution in [0, 0.1) is 0 Å². The van der Waals surface area contributed by atoms with Gasteiger partial charge in [-0.3, -0.25) is 8.87 Å². The highest BCUT2D eigenvalue weighted by Crippen LogP contribution is 2.33. The Balaban J connectivity index is 2.29. The number of methoxy groups -OCH3 is 1. The van der Waals surface area contributed by atoms with Gasteiger partial charge in [0.2, 0.25) is 10.0 Å². The highest BCUT2D eigenvalue weighted by atomic mass is 32.2. The predicted molar refractivity (Wildman–Crippen MR) is 87.1 cm³/mol. The van der Waals surface area contributed by atoms with Crippen molar-refractivity contribution in [1.29, 1.82) is 0 Å². The van der Waals surface area contributed by atoms with Crippen LogP contribution in [-0.4, -0.2) is 49.6 Å². The molecular formula is C15H16N2O6S. The maximum Gasteiger partial charge on any atom is 0.416 e. The topological polar surface area (TPSA) is 106 Å². The van der Waals surface area contributed by atoms with Gasteiger partial charge in [-0.15, -0.1) is 0 Å². The van der Waals surface area contributed by atoms with E-state index in [1.807, 2.05) is 0 Å². The van der Waals surface area contributed by atoms with Crippen molar-refractivity contribution in [2.45, 2.75) is 12.8 Å². The average Bonchev–Trinajstić information content (AvgIpc) is 2.97. The van der Waals surface area contributed by atoms with E-state index in [0.29, 0.717) is 30.5 Å². The fourth-order valence-corrected chi connectivity index (χ4v) is 4.54. The molecule has 0 saturated carbocycles. The molecule has 128 valence electrons.